The first kappa shape index (κ1) is 15.8. The Morgan fingerprint density at radius 1 is 1.52 bits per heavy atom. The molecule has 1 heterocycles. The maximum atomic E-state index is 12.0. The van der Waals surface area contributed by atoms with E-state index in [1.165, 1.54) is 0 Å². The molecule has 1 amide bonds. The van der Waals surface area contributed by atoms with Crippen LogP contribution in [0.4, 0.5) is 5.69 Å². The molecule has 1 fully saturated rings. The highest BCUT2D eigenvalue weighted by Gasteiger charge is 2.19. The second-order valence-electron chi connectivity index (χ2n) is 4.85. The van der Waals surface area contributed by atoms with Gasteiger partial charge in [0.05, 0.1) is 24.8 Å². The second kappa shape index (κ2) is 8.04. The second-order valence-corrected chi connectivity index (χ2v) is 5.29. The molecular weight excluding hydrogens is 290 g/mol. The Labute approximate surface area is 129 Å². The maximum Gasteiger partial charge on any atom is 0.227 e. The molecule has 0 spiro atoms. The summed E-state index contributed by atoms with van der Waals surface area (Å²) in [6, 6.07) is 5.15. The molecule has 2 rings (SSSR count). The lowest BCUT2D eigenvalue weighted by Gasteiger charge is -2.11. The van der Waals surface area contributed by atoms with Gasteiger partial charge < -0.3 is 15.2 Å². The molecule has 1 aromatic carbocycles. The Hall–Kier alpha value is -1.54. The predicted octanol–water partition coefficient (Wildman–Crippen LogP) is 2.58. The smallest absolute Gasteiger partial charge is 0.227 e. The highest BCUT2D eigenvalue weighted by molar-refractivity contribution is 6.30. The lowest BCUT2D eigenvalue weighted by Crippen LogP contribution is -2.19. The number of carbonyl (C=O) groups is 1. The van der Waals surface area contributed by atoms with Gasteiger partial charge in [-0.25, -0.2) is 0 Å². The Morgan fingerprint density at radius 2 is 2.38 bits per heavy atom. The highest BCUT2D eigenvalue weighted by atomic mass is 35.5. The summed E-state index contributed by atoms with van der Waals surface area (Å²) in [5, 5.41) is 12.2. The Balaban J connectivity index is 2.04. The quantitative estimate of drug-likeness (QED) is 0.841. The Kier molecular flexibility index (Phi) is 6.06. The molecular formula is C16H18ClNO3. The number of amides is 1. The molecule has 1 saturated heterocycles. The standard InChI is InChI=1S/C16H18ClNO3/c17-13-6-7-15(12(10-13)4-1-2-8-19)18-16(20)11-14-5-3-9-21-14/h6-7,10,14,19H,2-3,5,8-9,11H2,(H,18,20). The zero-order valence-corrected chi connectivity index (χ0v) is 12.4. The summed E-state index contributed by atoms with van der Waals surface area (Å²) in [4.78, 5) is 12.0. The summed E-state index contributed by atoms with van der Waals surface area (Å²) < 4.78 is 5.45. The lowest BCUT2D eigenvalue weighted by atomic mass is 10.1. The number of aliphatic hydroxyl groups is 1. The van der Waals surface area contributed by atoms with E-state index >= 15 is 0 Å². The van der Waals surface area contributed by atoms with Crippen LogP contribution < -0.4 is 5.32 Å². The maximum absolute atomic E-state index is 12.0. The number of hydrogen-bond acceptors (Lipinski definition) is 3. The van der Waals surface area contributed by atoms with Crippen molar-refractivity contribution in [2.24, 2.45) is 0 Å². The van der Waals surface area contributed by atoms with Gasteiger partial charge in [-0.3, -0.25) is 4.79 Å². The minimum Gasteiger partial charge on any atom is -0.395 e. The average Bonchev–Trinajstić information content (AvgIpc) is 2.95. The van der Waals surface area contributed by atoms with Gasteiger partial charge in [0.25, 0.3) is 0 Å². The van der Waals surface area contributed by atoms with Crippen LogP contribution >= 0.6 is 11.6 Å². The number of nitrogens with one attached hydrogen (secondary N) is 1. The first-order valence-electron chi connectivity index (χ1n) is 7.00. The topological polar surface area (TPSA) is 58.6 Å². The van der Waals surface area contributed by atoms with Crippen molar-refractivity contribution in [3.63, 3.8) is 0 Å². The molecule has 0 radical (unpaired) electrons. The fourth-order valence-corrected chi connectivity index (χ4v) is 2.33. The van der Waals surface area contributed by atoms with Crippen molar-refractivity contribution in [1.29, 1.82) is 0 Å². The summed E-state index contributed by atoms with van der Waals surface area (Å²) in [5.41, 5.74) is 1.28. The third-order valence-electron chi connectivity index (χ3n) is 3.15. The zero-order valence-electron chi connectivity index (χ0n) is 11.7. The lowest BCUT2D eigenvalue weighted by molar-refractivity contribution is -0.118. The van der Waals surface area contributed by atoms with Crippen molar-refractivity contribution >= 4 is 23.2 Å². The molecule has 1 atom stereocenters. The summed E-state index contributed by atoms with van der Waals surface area (Å²) in [7, 11) is 0. The minimum atomic E-state index is -0.0885. The van der Waals surface area contributed by atoms with E-state index in [2.05, 4.69) is 17.2 Å². The van der Waals surface area contributed by atoms with Crippen LogP contribution in [0.2, 0.25) is 5.02 Å². The van der Waals surface area contributed by atoms with Crippen LogP contribution in [-0.2, 0) is 9.53 Å². The number of benzene rings is 1. The van der Waals surface area contributed by atoms with Gasteiger partial charge in [-0.1, -0.05) is 23.4 Å². The number of ether oxygens (including phenoxy) is 1. The van der Waals surface area contributed by atoms with Gasteiger partial charge in [0, 0.05) is 23.6 Å². The number of carbonyl (C=O) groups excluding carboxylic acids is 1. The van der Waals surface area contributed by atoms with Gasteiger partial charge in [0.1, 0.15) is 0 Å². The van der Waals surface area contributed by atoms with E-state index in [4.69, 9.17) is 21.4 Å². The van der Waals surface area contributed by atoms with E-state index < -0.39 is 0 Å². The Morgan fingerprint density at radius 3 is 3.10 bits per heavy atom. The van der Waals surface area contributed by atoms with Crippen LogP contribution in [-0.4, -0.2) is 30.3 Å². The molecule has 1 aliphatic heterocycles. The number of aliphatic hydroxyl groups excluding tert-OH is 1. The molecule has 2 N–H and O–H groups in total. The van der Waals surface area contributed by atoms with Crippen LogP contribution in [0.25, 0.3) is 0 Å². The SMILES string of the molecule is O=C(CC1CCCO1)Nc1ccc(Cl)cc1C#CCCO. The monoisotopic (exact) mass is 307 g/mol. The van der Waals surface area contributed by atoms with Gasteiger partial charge in [0.15, 0.2) is 0 Å². The van der Waals surface area contributed by atoms with Gasteiger partial charge in [-0.15, -0.1) is 0 Å². The van der Waals surface area contributed by atoms with Gasteiger partial charge >= 0.3 is 0 Å². The molecule has 5 heteroatoms. The minimum absolute atomic E-state index is 0.00821. The first-order chi connectivity index (χ1) is 10.2. The van der Waals surface area contributed by atoms with E-state index in [0.29, 0.717) is 29.1 Å². The van der Waals surface area contributed by atoms with Crippen molar-refractivity contribution in [3.8, 4) is 11.8 Å². The molecule has 1 unspecified atom stereocenters. The van der Waals surface area contributed by atoms with E-state index in [1.54, 1.807) is 18.2 Å². The van der Waals surface area contributed by atoms with Crippen LogP contribution in [0, 0.1) is 11.8 Å². The summed E-state index contributed by atoms with van der Waals surface area (Å²) in [6.07, 6.45) is 2.69. The fourth-order valence-electron chi connectivity index (χ4n) is 2.16. The first-order valence-corrected chi connectivity index (χ1v) is 7.37. The van der Waals surface area contributed by atoms with E-state index in [1.807, 2.05) is 0 Å². The number of anilines is 1. The summed E-state index contributed by atoms with van der Waals surface area (Å²) >= 11 is 5.95. The van der Waals surface area contributed by atoms with Crippen molar-refractivity contribution in [1.82, 2.24) is 0 Å². The molecule has 112 valence electrons. The molecule has 0 aromatic heterocycles. The largest absolute Gasteiger partial charge is 0.395 e. The molecule has 1 aromatic rings. The molecule has 4 nitrogen and oxygen atoms in total. The fraction of sp³-hybridized carbons (Fsp3) is 0.438. The van der Waals surface area contributed by atoms with Gasteiger partial charge in [0.2, 0.25) is 5.91 Å². The van der Waals surface area contributed by atoms with E-state index in [9.17, 15) is 4.79 Å². The number of hydrogen-bond donors (Lipinski definition) is 2. The normalized spacial score (nSPS) is 17.1. The summed E-state index contributed by atoms with van der Waals surface area (Å²) in [5.74, 6) is 5.66. The van der Waals surface area contributed by atoms with Gasteiger partial charge in [-0.2, -0.15) is 0 Å². The number of rotatable bonds is 4. The van der Waals surface area contributed by atoms with Crippen LogP contribution in [0.1, 0.15) is 31.2 Å². The molecule has 0 saturated carbocycles. The zero-order chi connectivity index (χ0) is 15.1. The van der Waals surface area contributed by atoms with Crippen molar-refractivity contribution < 1.29 is 14.6 Å². The van der Waals surface area contributed by atoms with E-state index in [0.717, 1.165) is 19.4 Å². The van der Waals surface area contributed by atoms with Crippen LogP contribution in [0.15, 0.2) is 18.2 Å². The molecule has 0 aliphatic carbocycles. The predicted molar refractivity (Wildman–Crippen MR) is 82.3 cm³/mol. The van der Waals surface area contributed by atoms with Crippen molar-refractivity contribution in [3.05, 3.63) is 28.8 Å². The van der Waals surface area contributed by atoms with Gasteiger partial charge in [-0.05, 0) is 31.0 Å². The Bertz CT molecular complexity index is 556. The third-order valence-corrected chi connectivity index (χ3v) is 3.39. The van der Waals surface area contributed by atoms with Crippen LogP contribution in [0.3, 0.4) is 0 Å². The highest BCUT2D eigenvalue weighted by Crippen LogP contribution is 2.21. The molecule has 0 bridgehead atoms. The van der Waals surface area contributed by atoms with Crippen molar-refractivity contribution in [2.75, 3.05) is 18.5 Å². The summed E-state index contributed by atoms with van der Waals surface area (Å²) in [6.45, 7) is 0.741. The third kappa shape index (κ3) is 5.05. The molecule has 1 aliphatic rings. The number of halogens is 1. The molecule has 21 heavy (non-hydrogen) atoms. The average molecular weight is 308 g/mol. The van der Waals surface area contributed by atoms with Crippen molar-refractivity contribution in [2.45, 2.75) is 31.8 Å². The van der Waals surface area contributed by atoms with E-state index in [-0.39, 0.29) is 18.6 Å². The van der Waals surface area contributed by atoms with Crippen LogP contribution in [0.5, 0.6) is 0 Å².